The largest absolute Gasteiger partial charge is 0.493 e. The molecule has 0 aliphatic heterocycles. The number of aromatic amines is 1. The van der Waals surface area contributed by atoms with Crippen molar-refractivity contribution in [3.63, 3.8) is 0 Å². The lowest BCUT2D eigenvalue weighted by Gasteiger charge is -2.17. The normalized spacial score (nSPS) is 12.1. The number of para-hydroxylation sites is 1. The molecule has 0 fully saturated rings. The van der Waals surface area contributed by atoms with Crippen LogP contribution in [0.15, 0.2) is 52.4 Å². The van der Waals surface area contributed by atoms with Crippen molar-refractivity contribution >= 4 is 39.7 Å². The van der Waals surface area contributed by atoms with Gasteiger partial charge in [-0.2, -0.15) is 0 Å². The van der Waals surface area contributed by atoms with Gasteiger partial charge in [0.15, 0.2) is 16.7 Å². The Labute approximate surface area is 194 Å². The maximum atomic E-state index is 13.7. The Bertz CT molecular complexity index is 1380. The SMILES string of the molecule is CCOC(=O)C(CC)Sc1nc2c([nH]c3ccccc32)c(=O)n1-c1ccc(OC)c(OC)c1. The van der Waals surface area contributed by atoms with E-state index in [1.165, 1.54) is 23.4 Å². The summed E-state index contributed by atoms with van der Waals surface area (Å²) in [5.74, 6) is 0.685. The van der Waals surface area contributed by atoms with Crippen molar-refractivity contribution in [2.75, 3.05) is 20.8 Å². The Hall–Kier alpha value is -3.46. The van der Waals surface area contributed by atoms with Gasteiger partial charge in [0.25, 0.3) is 5.56 Å². The number of aromatic nitrogens is 3. The zero-order valence-electron chi connectivity index (χ0n) is 18.9. The van der Waals surface area contributed by atoms with Crippen LogP contribution in [0.1, 0.15) is 20.3 Å². The zero-order valence-corrected chi connectivity index (χ0v) is 19.7. The summed E-state index contributed by atoms with van der Waals surface area (Å²) in [6.45, 7) is 3.95. The summed E-state index contributed by atoms with van der Waals surface area (Å²) in [7, 11) is 3.08. The number of carbonyl (C=O) groups is 1. The molecule has 4 aromatic rings. The molecule has 1 N–H and O–H groups in total. The van der Waals surface area contributed by atoms with Gasteiger partial charge in [-0.1, -0.05) is 36.9 Å². The lowest BCUT2D eigenvalue weighted by atomic mass is 10.2. The first-order valence-corrected chi connectivity index (χ1v) is 11.5. The minimum atomic E-state index is -0.508. The lowest BCUT2D eigenvalue weighted by molar-refractivity contribution is -0.142. The molecule has 8 nitrogen and oxygen atoms in total. The third kappa shape index (κ3) is 4.16. The molecule has 0 aliphatic carbocycles. The van der Waals surface area contributed by atoms with Gasteiger partial charge in [-0.05, 0) is 31.5 Å². The molecule has 172 valence electrons. The van der Waals surface area contributed by atoms with E-state index in [4.69, 9.17) is 19.2 Å². The number of rotatable bonds is 8. The van der Waals surface area contributed by atoms with E-state index in [2.05, 4.69) is 4.98 Å². The van der Waals surface area contributed by atoms with E-state index in [9.17, 15) is 9.59 Å². The number of nitrogens with zero attached hydrogens (tertiary/aromatic N) is 2. The summed E-state index contributed by atoms with van der Waals surface area (Å²) in [5, 5.41) is 0.727. The maximum Gasteiger partial charge on any atom is 0.319 e. The van der Waals surface area contributed by atoms with Gasteiger partial charge in [0, 0.05) is 17.0 Å². The molecule has 0 radical (unpaired) electrons. The quantitative estimate of drug-likeness (QED) is 0.234. The third-order valence-electron chi connectivity index (χ3n) is 5.29. The van der Waals surface area contributed by atoms with Gasteiger partial charge in [-0.15, -0.1) is 0 Å². The Morgan fingerprint density at radius 2 is 1.88 bits per heavy atom. The first kappa shape index (κ1) is 22.7. The van der Waals surface area contributed by atoms with Crippen molar-refractivity contribution in [1.29, 1.82) is 0 Å². The summed E-state index contributed by atoms with van der Waals surface area (Å²) in [4.78, 5) is 34.3. The van der Waals surface area contributed by atoms with Crippen molar-refractivity contribution in [2.24, 2.45) is 0 Å². The van der Waals surface area contributed by atoms with Crippen LogP contribution in [-0.4, -0.2) is 46.6 Å². The highest BCUT2D eigenvalue weighted by molar-refractivity contribution is 8.00. The van der Waals surface area contributed by atoms with Gasteiger partial charge in [0.2, 0.25) is 0 Å². The fourth-order valence-electron chi connectivity index (χ4n) is 3.67. The molecule has 2 aromatic carbocycles. The molecule has 0 aliphatic rings. The van der Waals surface area contributed by atoms with E-state index in [1.807, 2.05) is 31.2 Å². The Kier molecular flexibility index (Phi) is 6.60. The first-order valence-electron chi connectivity index (χ1n) is 10.6. The number of thioether (sulfide) groups is 1. The lowest BCUT2D eigenvalue weighted by Crippen LogP contribution is -2.25. The molecule has 2 heterocycles. The Morgan fingerprint density at radius 1 is 1.12 bits per heavy atom. The molecule has 0 saturated carbocycles. The number of benzene rings is 2. The highest BCUT2D eigenvalue weighted by atomic mass is 32.2. The molecule has 2 aromatic heterocycles. The second-order valence-corrected chi connectivity index (χ2v) is 8.41. The van der Waals surface area contributed by atoms with Crippen LogP contribution < -0.4 is 15.0 Å². The smallest absolute Gasteiger partial charge is 0.319 e. The van der Waals surface area contributed by atoms with Crippen molar-refractivity contribution < 1.29 is 19.0 Å². The average Bonchev–Trinajstić information content (AvgIpc) is 3.21. The van der Waals surface area contributed by atoms with Gasteiger partial charge < -0.3 is 19.2 Å². The predicted molar refractivity (Wildman–Crippen MR) is 129 cm³/mol. The number of fused-ring (bicyclic) bond motifs is 3. The summed E-state index contributed by atoms with van der Waals surface area (Å²) in [6.07, 6.45) is 0.525. The van der Waals surface area contributed by atoms with E-state index in [1.54, 1.807) is 32.2 Å². The highest BCUT2D eigenvalue weighted by Crippen LogP contribution is 2.33. The average molecular weight is 468 g/mol. The van der Waals surface area contributed by atoms with Crippen LogP contribution in [0.4, 0.5) is 0 Å². The van der Waals surface area contributed by atoms with Gasteiger partial charge in [0.1, 0.15) is 16.3 Å². The number of nitrogens with one attached hydrogen (secondary N) is 1. The molecular formula is C24H25N3O5S. The van der Waals surface area contributed by atoms with Crippen LogP contribution in [0.5, 0.6) is 11.5 Å². The number of hydrogen-bond donors (Lipinski definition) is 1. The highest BCUT2D eigenvalue weighted by Gasteiger charge is 2.25. The fourth-order valence-corrected chi connectivity index (χ4v) is 4.70. The van der Waals surface area contributed by atoms with Crippen LogP contribution in [0.25, 0.3) is 27.6 Å². The molecule has 0 amide bonds. The topological polar surface area (TPSA) is 95.4 Å². The van der Waals surface area contributed by atoms with Gasteiger partial charge in [-0.25, -0.2) is 4.98 Å². The molecular weight excluding hydrogens is 442 g/mol. The summed E-state index contributed by atoms with van der Waals surface area (Å²) in [6, 6.07) is 12.8. The standard InChI is InChI=1S/C24H25N3O5S/c1-5-19(23(29)32-6-2)33-24-26-20-15-9-7-8-10-16(15)25-21(20)22(28)27(24)14-11-12-17(30-3)18(13-14)31-4/h7-13,19,25H,5-6H2,1-4H3. The van der Waals surface area contributed by atoms with E-state index in [-0.39, 0.29) is 18.1 Å². The summed E-state index contributed by atoms with van der Waals surface area (Å²) >= 11 is 1.21. The van der Waals surface area contributed by atoms with E-state index in [0.717, 1.165) is 10.9 Å². The van der Waals surface area contributed by atoms with Crippen molar-refractivity contribution in [3.8, 4) is 17.2 Å². The van der Waals surface area contributed by atoms with E-state index < -0.39 is 5.25 Å². The minimum Gasteiger partial charge on any atom is -0.493 e. The van der Waals surface area contributed by atoms with Crippen molar-refractivity contribution in [2.45, 2.75) is 30.7 Å². The Balaban J connectivity index is 1.98. The maximum absolute atomic E-state index is 13.7. The Morgan fingerprint density at radius 3 is 2.58 bits per heavy atom. The molecule has 0 spiro atoms. The number of carbonyl (C=O) groups excluding carboxylic acids is 1. The monoisotopic (exact) mass is 467 g/mol. The van der Waals surface area contributed by atoms with E-state index >= 15 is 0 Å². The van der Waals surface area contributed by atoms with Gasteiger partial charge in [-0.3, -0.25) is 14.2 Å². The molecule has 33 heavy (non-hydrogen) atoms. The van der Waals surface area contributed by atoms with Crippen LogP contribution in [0.3, 0.4) is 0 Å². The fraction of sp³-hybridized carbons (Fsp3) is 0.292. The van der Waals surface area contributed by atoms with Crippen LogP contribution in [0.2, 0.25) is 0 Å². The summed E-state index contributed by atoms with van der Waals surface area (Å²) in [5.41, 5.74) is 2.04. The van der Waals surface area contributed by atoms with Crippen LogP contribution in [-0.2, 0) is 9.53 Å². The van der Waals surface area contributed by atoms with Gasteiger partial charge >= 0.3 is 5.97 Å². The molecule has 1 atom stereocenters. The number of hydrogen-bond acceptors (Lipinski definition) is 7. The zero-order chi connectivity index (χ0) is 23.5. The van der Waals surface area contributed by atoms with Gasteiger partial charge in [0.05, 0.1) is 26.5 Å². The van der Waals surface area contributed by atoms with Crippen molar-refractivity contribution in [1.82, 2.24) is 14.5 Å². The molecule has 0 saturated heterocycles. The first-order chi connectivity index (χ1) is 16.0. The third-order valence-corrected chi connectivity index (χ3v) is 6.58. The van der Waals surface area contributed by atoms with Crippen molar-refractivity contribution in [3.05, 3.63) is 52.8 Å². The molecule has 0 bridgehead atoms. The van der Waals surface area contributed by atoms with E-state index in [0.29, 0.717) is 39.8 Å². The number of H-pyrrole nitrogens is 1. The molecule has 4 rings (SSSR count). The van der Waals surface area contributed by atoms with Crippen LogP contribution >= 0.6 is 11.8 Å². The molecule has 9 heteroatoms. The minimum absolute atomic E-state index is 0.273. The second-order valence-electron chi connectivity index (χ2n) is 7.24. The number of methoxy groups -OCH3 is 2. The second kappa shape index (κ2) is 9.58. The molecule has 1 unspecified atom stereocenters. The number of esters is 1. The summed E-state index contributed by atoms with van der Waals surface area (Å²) < 4.78 is 17.5. The van der Waals surface area contributed by atoms with Crippen LogP contribution in [0, 0.1) is 0 Å². The predicted octanol–water partition coefficient (Wildman–Crippen LogP) is 4.32. The number of ether oxygens (including phenoxy) is 3.